The number of carbonyl (C=O) groups is 1. The Morgan fingerprint density at radius 2 is 1.39 bits per heavy atom. The smallest absolute Gasteiger partial charge is 0.151 e. The zero-order chi connectivity index (χ0) is 16.3. The molecule has 0 aliphatic carbocycles. The highest BCUT2D eigenvalue weighted by atomic mass is 16.5. The summed E-state index contributed by atoms with van der Waals surface area (Å²) >= 11 is 0. The van der Waals surface area contributed by atoms with Crippen molar-refractivity contribution in [2.45, 2.75) is 31.8 Å². The topological polar surface area (TPSA) is 35.5 Å². The van der Waals surface area contributed by atoms with E-state index in [0.717, 1.165) is 17.4 Å². The molecule has 0 fully saturated rings. The third-order valence-electron chi connectivity index (χ3n) is 3.49. The predicted octanol–water partition coefficient (Wildman–Crippen LogP) is 3.93. The molecule has 0 bridgehead atoms. The van der Waals surface area contributed by atoms with E-state index in [4.69, 9.17) is 9.47 Å². The maximum absolute atomic E-state index is 11.4. The molecule has 0 amide bonds. The van der Waals surface area contributed by atoms with Crippen LogP contribution in [0.25, 0.3) is 0 Å². The lowest BCUT2D eigenvalue weighted by molar-refractivity contribution is -0.132. The van der Waals surface area contributed by atoms with Crippen molar-refractivity contribution in [2.24, 2.45) is 0 Å². The van der Waals surface area contributed by atoms with Crippen LogP contribution in [0, 0.1) is 0 Å². The number of carbonyl (C=O) groups excluding carboxylic acids is 1. The van der Waals surface area contributed by atoms with E-state index in [-0.39, 0.29) is 6.10 Å². The van der Waals surface area contributed by atoms with Gasteiger partial charge in [-0.3, -0.25) is 0 Å². The second kappa shape index (κ2) is 9.72. The molecule has 0 aliphatic rings. The summed E-state index contributed by atoms with van der Waals surface area (Å²) in [5.74, 6) is 0. The first-order valence-electron chi connectivity index (χ1n) is 7.70. The fourth-order valence-corrected chi connectivity index (χ4v) is 2.24. The van der Waals surface area contributed by atoms with Gasteiger partial charge in [-0.15, -0.1) is 6.58 Å². The van der Waals surface area contributed by atoms with Crippen molar-refractivity contribution < 1.29 is 14.3 Å². The summed E-state index contributed by atoms with van der Waals surface area (Å²) in [5.41, 5.74) is 2.09. The monoisotopic (exact) mass is 310 g/mol. The van der Waals surface area contributed by atoms with Crippen LogP contribution in [0.4, 0.5) is 0 Å². The Morgan fingerprint density at radius 3 is 1.87 bits per heavy atom. The minimum atomic E-state index is -0.614. The van der Waals surface area contributed by atoms with Crippen LogP contribution in [0.15, 0.2) is 73.3 Å². The Labute approximate surface area is 137 Å². The molecule has 23 heavy (non-hydrogen) atoms. The van der Waals surface area contributed by atoms with Crippen LogP contribution in [0.5, 0.6) is 0 Å². The molecule has 120 valence electrons. The summed E-state index contributed by atoms with van der Waals surface area (Å²) in [6, 6.07) is 19.6. The highest BCUT2D eigenvalue weighted by Crippen LogP contribution is 2.13. The van der Waals surface area contributed by atoms with Crippen LogP contribution in [-0.4, -0.2) is 18.5 Å². The van der Waals surface area contributed by atoms with Crippen molar-refractivity contribution in [3.63, 3.8) is 0 Å². The minimum absolute atomic E-state index is 0.339. The van der Waals surface area contributed by atoms with Crippen LogP contribution in [0.2, 0.25) is 0 Å². The molecule has 2 aromatic carbocycles. The summed E-state index contributed by atoms with van der Waals surface area (Å²) in [4.78, 5) is 11.4. The fourth-order valence-electron chi connectivity index (χ4n) is 2.24. The highest BCUT2D eigenvalue weighted by molar-refractivity contribution is 5.57. The van der Waals surface area contributed by atoms with Gasteiger partial charge in [-0.05, 0) is 17.5 Å². The molecule has 0 aliphatic heterocycles. The van der Waals surface area contributed by atoms with Gasteiger partial charge in [0.05, 0.1) is 19.3 Å². The van der Waals surface area contributed by atoms with Crippen molar-refractivity contribution in [3.05, 3.63) is 84.4 Å². The summed E-state index contributed by atoms with van der Waals surface area (Å²) < 4.78 is 11.6. The first-order chi connectivity index (χ1) is 11.3. The molecule has 0 aromatic heterocycles. The van der Waals surface area contributed by atoms with Crippen LogP contribution in [-0.2, 0) is 27.5 Å². The van der Waals surface area contributed by atoms with E-state index in [9.17, 15) is 4.79 Å². The number of benzene rings is 2. The molecule has 0 heterocycles. The van der Waals surface area contributed by atoms with E-state index in [0.29, 0.717) is 19.6 Å². The Kier molecular flexibility index (Phi) is 7.24. The Morgan fingerprint density at radius 1 is 0.870 bits per heavy atom. The molecule has 3 nitrogen and oxygen atoms in total. The van der Waals surface area contributed by atoms with Gasteiger partial charge >= 0.3 is 0 Å². The first-order valence-corrected chi connectivity index (χ1v) is 7.70. The van der Waals surface area contributed by atoms with E-state index in [1.165, 1.54) is 0 Å². The molecule has 2 aromatic rings. The van der Waals surface area contributed by atoms with Crippen molar-refractivity contribution in [3.8, 4) is 0 Å². The normalized spacial score (nSPS) is 13.2. The van der Waals surface area contributed by atoms with Crippen LogP contribution in [0.1, 0.15) is 17.5 Å². The third kappa shape index (κ3) is 5.81. The summed E-state index contributed by atoms with van der Waals surface area (Å²) in [7, 11) is 0. The quantitative estimate of drug-likeness (QED) is 0.493. The second-order valence-corrected chi connectivity index (χ2v) is 5.26. The van der Waals surface area contributed by atoms with Gasteiger partial charge < -0.3 is 14.3 Å². The molecule has 3 heteroatoms. The van der Waals surface area contributed by atoms with E-state index in [1.807, 2.05) is 60.7 Å². The van der Waals surface area contributed by atoms with Gasteiger partial charge in [-0.25, -0.2) is 0 Å². The van der Waals surface area contributed by atoms with E-state index in [1.54, 1.807) is 6.08 Å². The van der Waals surface area contributed by atoms with E-state index < -0.39 is 6.10 Å². The van der Waals surface area contributed by atoms with Gasteiger partial charge in [-0.1, -0.05) is 66.7 Å². The van der Waals surface area contributed by atoms with Gasteiger partial charge in [0.25, 0.3) is 0 Å². The molecule has 2 atom stereocenters. The molecule has 0 N–H and O–H groups in total. The first kappa shape index (κ1) is 17.1. The van der Waals surface area contributed by atoms with Crippen LogP contribution < -0.4 is 0 Å². The maximum Gasteiger partial charge on any atom is 0.151 e. The molecule has 0 unspecified atom stereocenters. The number of rotatable bonds is 10. The maximum atomic E-state index is 11.4. The number of ether oxygens (including phenoxy) is 2. The number of hydrogen-bond donors (Lipinski definition) is 0. The predicted molar refractivity (Wildman–Crippen MR) is 90.9 cm³/mol. The second-order valence-electron chi connectivity index (χ2n) is 5.26. The molecule has 0 radical (unpaired) electrons. The van der Waals surface area contributed by atoms with E-state index in [2.05, 4.69) is 6.58 Å². The average molecular weight is 310 g/mol. The molecular formula is C20H22O3. The van der Waals surface area contributed by atoms with Crippen molar-refractivity contribution in [1.82, 2.24) is 0 Å². The average Bonchev–Trinajstić information content (AvgIpc) is 2.62. The van der Waals surface area contributed by atoms with Crippen molar-refractivity contribution >= 4 is 6.29 Å². The van der Waals surface area contributed by atoms with Gasteiger partial charge in [0, 0.05) is 0 Å². The van der Waals surface area contributed by atoms with Gasteiger partial charge in [0.2, 0.25) is 0 Å². The zero-order valence-corrected chi connectivity index (χ0v) is 13.1. The molecule has 2 rings (SSSR count). The van der Waals surface area contributed by atoms with Gasteiger partial charge in [0.1, 0.15) is 6.10 Å². The van der Waals surface area contributed by atoms with Crippen molar-refractivity contribution in [2.75, 3.05) is 0 Å². The lowest BCUT2D eigenvalue weighted by Crippen LogP contribution is -2.32. The zero-order valence-electron chi connectivity index (χ0n) is 13.1. The van der Waals surface area contributed by atoms with Gasteiger partial charge in [-0.2, -0.15) is 0 Å². The summed E-state index contributed by atoms with van der Waals surface area (Å²) in [6.45, 7) is 4.56. The van der Waals surface area contributed by atoms with Crippen LogP contribution >= 0.6 is 0 Å². The standard InChI is InChI=1S/C20H22O3/c1-2-9-19(22-15-17-10-5-3-6-11-17)20(14-21)23-16-18-12-7-4-8-13-18/h2-8,10-14,19-20H,1,9,15-16H2/t19-,20+/m0/s1. The molecule has 0 spiro atoms. The summed E-state index contributed by atoms with van der Waals surface area (Å²) in [5, 5.41) is 0. The van der Waals surface area contributed by atoms with Crippen LogP contribution in [0.3, 0.4) is 0 Å². The SMILES string of the molecule is C=CC[C@H](OCc1ccccc1)[C@@H](C=O)OCc1ccccc1. The minimum Gasteiger partial charge on any atom is -0.370 e. The summed E-state index contributed by atoms with van der Waals surface area (Å²) in [6.07, 6.45) is 2.16. The molecule has 0 saturated heterocycles. The highest BCUT2D eigenvalue weighted by Gasteiger charge is 2.21. The van der Waals surface area contributed by atoms with E-state index >= 15 is 0 Å². The van der Waals surface area contributed by atoms with Crippen molar-refractivity contribution in [1.29, 1.82) is 0 Å². The Hall–Kier alpha value is -2.23. The lowest BCUT2D eigenvalue weighted by Gasteiger charge is -2.23. The molecular weight excluding hydrogens is 288 g/mol. The van der Waals surface area contributed by atoms with Gasteiger partial charge in [0.15, 0.2) is 6.29 Å². The third-order valence-corrected chi connectivity index (χ3v) is 3.49. The largest absolute Gasteiger partial charge is 0.370 e. The number of aldehydes is 1. The molecule has 0 saturated carbocycles. The Bertz CT molecular complexity index is 580. The lowest BCUT2D eigenvalue weighted by atomic mass is 10.1. The fraction of sp³-hybridized carbons (Fsp3) is 0.250. The Balaban J connectivity index is 1.92. The number of hydrogen-bond acceptors (Lipinski definition) is 3.